The lowest BCUT2D eigenvalue weighted by atomic mass is 9.94. The number of hydrogen-bond acceptors (Lipinski definition) is 1. The molecule has 0 fully saturated rings. The van der Waals surface area contributed by atoms with Crippen LogP contribution < -0.4 is 5.73 Å². The number of nitrogen functional groups attached to an aromatic ring is 1. The molecule has 0 saturated heterocycles. The normalized spacial score (nSPS) is 10.4. The molecule has 0 amide bonds. The second kappa shape index (κ2) is 5.22. The third kappa shape index (κ3) is 2.43. The Morgan fingerprint density at radius 3 is 1.55 bits per heavy atom. The lowest BCUT2D eigenvalue weighted by molar-refractivity contribution is 1.47. The molecule has 0 bridgehead atoms. The van der Waals surface area contributed by atoms with E-state index in [9.17, 15) is 0 Å². The summed E-state index contributed by atoms with van der Waals surface area (Å²) in [5.41, 5.74) is 12.7. The second-order valence-corrected chi connectivity index (χ2v) is 5.03. The Kier molecular flexibility index (Phi) is 3.26. The zero-order valence-corrected chi connectivity index (χ0v) is 11.5. The molecule has 0 unspecified atom stereocenters. The molecule has 1 nitrogen and oxygen atoms in total. The lowest BCUT2D eigenvalue weighted by Gasteiger charge is -2.10. The van der Waals surface area contributed by atoms with Gasteiger partial charge in [-0.05, 0) is 41.3 Å². The molecular weight excluding hydrogens is 242 g/mol. The summed E-state index contributed by atoms with van der Waals surface area (Å²) < 4.78 is 0. The van der Waals surface area contributed by atoms with Crippen molar-refractivity contribution in [1.82, 2.24) is 0 Å². The fourth-order valence-corrected chi connectivity index (χ4v) is 2.38. The Hall–Kier alpha value is -2.54. The fraction of sp³-hybridized carbons (Fsp3) is 0.0526. The Balaban J connectivity index is 2.13. The van der Waals surface area contributed by atoms with E-state index in [0.29, 0.717) is 0 Å². The zero-order chi connectivity index (χ0) is 13.9. The smallest absolute Gasteiger partial charge is 0.0314 e. The summed E-state index contributed by atoms with van der Waals surface area (Å²) in [5.74, 6) is 0. The third-order valence-corrected chi connectivity index (χ3v) is 3.51. The first-order chi connectivity index (χ1) is 9.74. The summed E-state index contributed by atoms with van der Waals surface area (Å²) >= 11 is 0. The van der Waals surface area contributed by atoms with Crippen molar-refractivity contribution in [2.75, 3.05) is 5.73 Å². The van der Waals surface area contributed by atoms with Crippen molar-refractivity contribution in [3.63, 3.8) is 0 Å². The van der Waals surface area contributed by atoms with Gasteiger partial charge in [-0.15, -0.1) is 0 Å². The Morgan fingerprint density at radius 2 is 1.05 bits per heavy atom. The summed E-state index contributed by atoms with van der Waals surface area (Å²) in [6, 6.07) is 25.1. The van der Waals surface area contributed by atoms with E-state index in [1.165, 1.54) is 27.8 Å². The fourth-order valence-electron chi connectivity index (χ4n) is 2.38. The maximum atomic E-state index is 5.77. The van der Waals surface area contributed by atoms with Crippen LogP contribution in [0, 0.1) is 6.92 Å². The van der Waals surface area contributed by atoms with Gasteiger partial charge in [0.15, 0.2) is 0 Å². The lowest BCUT2D eigenvalue weighted by Crippen LogP contribution is -1.87. The predicted molar refractivity (Wildman–Crippen MR) is 86.5 cm³/mol. The van der Waals surface area contributed by atoms with Gasteiger partial charge in [-0.1, -0.05) is 66.2 Å². The van der Waals surface area contributed by atoms with Crippen LogP contribution in [-0.2, 0) is 0 Å². The van der Waals surface area contributed by atoms with Crippen molar-refractivity contribution < 1.29 is 0 Å². The van der Waals surface area contributed by atoms with Crippen LogP contribution in [0.15, 0.2) is 72.8 Å². The van der Waals surface area contributed by atoms with Crippen molar-refractivity contribution in [3.8, 4) is 22.3 Å². The van der Waals surface area contributed by atoms with E-state index in [0.717, 1.165) is 5.69 Å². The van der Waals surface area contributed by atoms with Crippen LogP contribution in [0.3, 0.4) is 0 Å². The van der Waals surface area contributed by atoms with Gasteiger partial charge in [0.25, 0.3) is 0 Å². The maximum absolute atomic E-state index is 5.77. The molecule has 0 aliphatic rings. The highest BCUT2D eigenvalue weighted by Crippen LogP contribution is 2.32. The monoisotopic (exact) mass is 259 g/mol. The molecular formula is C19H17N. The van der Waals surface area contributed by atoms with Gasteiger partial charge in [0.05, 0.1) is 0 Å². The van der Waals surface area contributed by atoms with Gasteiger partial charge in [-0.3, -0.25) is 0 Å². The standard InChI is InChI=1S/C19H17N/c1-14-6-8-15(9-7-14)18-4-2-3-5-19(18)16-10-12-17(20)13-11-16/h2-13H,20H2,1H3. The average molecular weight is 259 g/mol. The molecule has 20 heavy (non-hydrogen) atoms. The van der Waals surface area contributed by atoms with Crippen LogP contribution >= 0.6 is 0 Å². The van der Waals surface area contributed by atoms with Crippen LogP contribution in [0.4, 0.5) is 5.69 Å². The zero-order valence-electron chi connectivity index (χ0n) is 11.5. The number of hydrogen-bond donors (Lipinski definition) is 1. The SMILES string of the molecule is Cc1ccc(-c2ccccc2-c2ccc(N)cc2)cc1. The summed E-state index contributed by atoms with van der Waals surface area (Å²) in [5, 5.41) is 0. The quantitative estimate of drug-likeness (QED) is 0.650. The van der Waals surface area contributed by atoms with Crippen LogP contribution in [0.5, 0.6) is 0 Å². The van der Waals surface area contributed by atoms with Gasteiger partial charge in [0.2, 0.25) is 0 Å². The van der Waals surface area contributed by atoms with E-state index in [4.69, 9.17) is 5.73 Å². The molecule has 2 N–H and O–H groups in total. The summed E-state index contributed by atoms with van der Waals surface area (Å²) in [4.78, 5) is 0. The molecule has 1 heteroatoms. The van der Waals surface area contributed by atoms with Gasteiger partial charge in [-0.25, -0.2) is 0 Å². The van der Waals surface area contributed by atoms with Crippen LogP contribution in [0.25, 0.3) is 22.3 Å². The van der Waals surface area contributed by atoms with Crippen molar-refractivity contribution >= 4 is 5.69 Å². The third-order valence-electron chi connectivity index (χ3n) is 3.51. The molecule has 0 radical (unpaired) electrons. The Morgan fingerprint density at radius 1 is 0.600 bits per heavy atom. The van der Waals surface area contributed by atoms with E-state index in [-0.39, 0.29) is 0 Å². The Labute approximate surface area is 119 Å². The van der Waals surface area contributed by atoms with Crippen molar-refractivity contribution in [2.45, 2.75) is 6.92 Å². The highest BCUT2D eigenvalue weighted by atomic mass is 14.5. The topological polar surface area (TPSA) is 26.0 Å². The van der Waals surface area contributed by atoms with Gasteiger partial charge >= 0.3 is 0 Å². The number of rotatable bonds is 2. The summed E-state index contributed by atoms with van der Waals surface area (Å²) in [7, 11) is 0. The minimum absolute atomic E-state index is 0.793. The molecule has 0 heterocycles. The molecule has 3 rings (SSSR count). The summed E-state index contributed by atoms with van der Waals surface area (Å²) in [6.07, 6.45) is 0. The van der Waals surface area contributed by atoms with Crippen LogP contribution in [0.2, 0.25) is 0 Å². The number of anilines is 1. The van der Waals surface area contributed by atoms with Crippen molar-refractivity contribution in [1.29, 1.82) is 0 Å². The van der Waals surface area contributed by atoms with Crippen LogP contribution in [-0.4, -0.2) is 0 Å². The molecule has 98 valence electrons. The van der Waals surface area contributed by atoms with Gasteiger partial charge < -0.3 is 5.73 Å². The molecule has 0 aliphatic heterocycles. The summed E-state index contributed by atoms with van der Waals surface area (Å²) in [6.45, 7) is 2.11. The van der Waals surface area contributed by atoms with E-state index in [1.807, 2.05) is 12.1 Å². The molecule has 0 spiro atoms. The second-order valence-electron chi connectivity index (χ2n) is 5.03. The first kappa shape index (κ1) is 12.5. The number of benzene rings is 3. The van der Waals surface area contributed by atoms with E-state index < -0.39 is 0 Å². The van der Waals surface area contributed by atoms with Crippen molar-refractivity contribution in [3.05, 3.63) is 78.4 Å². The average Bonchev–Trinajstić information content (AvgIpc) is 2.49. The van der Waals surface area contributed by atoms with Gasteiger partial charge in [-0.2, -0.15) is 0 Å². The van der Waals surface area contributed by atoms with Gasteiger partial charge in [0.1, 0.15) is 0 Å². The highest BCUT2D eigenvalue weighted by Gasteiger charge is 2.06. The first-order valence-corrected chi connectivity index (χ1v) is 6.76. The number of nitrogens with two attached hydrogens (primary N) is 1. The minimum atomic E-state index is 0.793. The first-order valence-electron chi connectivity index (χ1n) is 6.76. The van der Waals surface area contributed by atoms with Crippen LogP contribution in [0.1, 0.15) is 5.56 Å². The molecule has 0 saturated carbocycles. The van der Waals surface area contributed by atoms with Gasteiger partial charge in [0, 0.05) is 5.69 Å². The molecule has 0 atom stereocenters. The maximum Gasteiger partial charge on any atom is 0.0314 e. The highest BCUT2D eigenvalue weighted by molar-refractivity contribution is 5.83. The minimum Gasteiger partial charge on any atom is -0.399 e. The molecule has 0 aliphatic carbocycles. The van der Waals surface area contributed by atoms with E-state index in [2.05, 4.69) is 67.6 Å². The predicted octanol–water partition coefficient (Wildman–Crippen LogP) is 4.91. The Bertz CT molecular complexity index is 645. The largest absolute Gasteiger partial charge is 0.399 e. The van der Waals surface area contributed by atoms with E-state index in [1.54, 1.807) is 0 Å². The van der Waals surface area contributed by atoms with E-state index >= 15 is 0 Å². The molecule has 0 aromatic heterocycles. The molecule has 3 aromatic rings. The molecule has 3 aromatic carbocycles. The number of aryl methyl sites for hydroxylation is 1. The van der Waals surface area contributed by atoms with Crippen molar-refractivity contribution in [2.24, 2.45) is 0 Å².